The summed E-state index contributed by atoms with van der Waals surface area (Å²) in [4.78, 5) is 19.9. The lowest BCUT2D eigenvalue weighted by Crippen LogP contribution is -2.39. The predicted octanol–water partition coefficient (Wildman–Crippen LogP) is 4.68. The van der Waals surface area contributed by atoms with E-state index < -0.39 is 0 Å². The van der Waals surface area contributed by atoms with Crippen molar-refractivity contribution in [1.29, 1.82) is 0 Å². The molecule has 0 spiro atoms. The summed E-state index contributed by atoms with van der Waals surface area (Å²) in [5, 5.41) is 0.735. The highest BCUT2D eigenvalue weighted by Gasteiger charge is 2.24. The molecule has 1 amide bonds. The number of halogens is 1. The van der Waals surface area contributed by atoms with Crippen molar-refractivity contribution in [2.24, 2.45) is 5.92 Å². The first-order valence-electron chi connectivity index (χ1n) is 8.43. The minimum atomic E-state index is -0.302. The molecule has 25 heavy (non-hydrogen) atoms. The Morgan fingerprint density at radius 1 is 1.24 bits per heavy atom. The lowest BCUT2D eigenvalue weighted by molar-refractivity contribution is 0.0686. The van der Waals surface area contributed by atoms with Crippen molar-refractivity contribution in [3.8, 4) is 5.75 Å². The molecule has 0 radical (unpaired) electrons. The maximum Gasteiger partial charge on any atom is 0.266 e. The van der Waals surface area contributed by atoms with Crippen LogP contribution in [0.1, 0.15) is 48.1 Å². The van der Waals surface area contributed by atoms with Gasteiger partial charge >= 0.3 is 0 Å². The highest BCUT2D eigenvalue weighted by molar-refractivity contribution is 7.13. The molecule has 1 aromatic carbocycles. The van der Waals surface area contributed by atoms with E-state index in [-0.39, 0.29) is 24.4 Å². The Kier molecular flexibility index (Phi) is 6.53. The number of hydrogen-bond acceptors (Lipinski definition) is 4. The van der Waals surface area contributed by atoms with E-state index in [1.165, 1.54) is 23.5 Å². The Labute approximate surface area is 152 Å². The van der Waals surface area contributed by atoms with Crippen LogP contribution < -0.4 is 4.74 Å². The molecule has 0 atom stereocenters. The molecule has 0 aliphatic heterocycles. The number of aryl methyl sites for hydroxylation is 1. The molecule has 0 saturated heterocycles. The first-order chi connectivity index (χ1) is 11.8. The summed E-state index contributed by atoms with van der Waals surface area (Å²) < 4.78 is 18.5. The summed E-state index contributed by atoms with van der Waals surface area (Å²) in [6, 6.07) is 5.99. The van der Waals surface area contributed by atoms with Crippen molar-refractivity contribution >= 4 is 17.2 Å². The fraction of sp³-hybridized carbons (Fsp3) is 0.474. The Balaban J connectivity index is 2.10. The van der Waals surface area contributed by atoms with Gasteiger partial charge < -0.3 is 9.64 Å². The monoisotopic (exact) mass is 364 g/mol. The van der Waals surface area contributed by atoms with Gasteiger partial charge in [0.1, 0.15) is 28.1 Å². The third-order valence-electron chi connectivity index (χ3n) is 3.66. The highest BCUT2D eigenvalue weighted by atomic mass is 32.1. The zero-order valence-corrected chi connectivity index (χ0v) is 16.2. The second-order valence-electron chi connectivity index (χ2n) is 6.71. The van der Waals surface area contributed by atoms with E-state index >= 15 is 0 Å². The fourth-order valence-electron chi connectivity index (χ4n) is 2.44. The number of amides is 1. The average molecular weight is 364 g/mol. The van der Waals surface area contributed by atoms with Gasteiger partial charge in [-0.25, -0.2) is 9.37 Å². The van der Waals surface area contributed by atoms with Gasteiger partial charge in [-0.3, -0.25) is 4.79 Å². The number of thiazole rings is 1. The SMILES string of the molecule is Cc1nc(COc2ccc(F)cc2)sc1C(=O)N(CC(C)C)C(C)C. The van der Waals surface area contributed by atoms with Crippen LogP contribution in [0, 0.1) is 18.7 Å². The Morgan fingerprint density at radius 3 is 2.44 bits per heavy atom. The molecular formula is C19H25FN2O2S. The second kappa shape index (κ2) is 8.43. The second-order valence-corrected chi connectivity index (χ2v) is 7.79. The van der Waals surface area contributed by atoms with Crippen molar-refractivity contribution in [2.45, 2.75) is 47.3 Å². The van der Waals surface area contributed by atoms with Crippen LogP contribution >= 0.6 is 11.3 Å². The summed E-state index contributed by atoms with van der Waals surface area (Å²) in [5.74, 6) is 0.697. The van der Waals surface area contributed by atoms with Crippen molar-refractivity contribution in [3.05, 3.63) is 45.7 Å². The zero-order valence-electron chi connectivity index (χ0n) is 15.4. The molecule has 0 fully saturated rings. The Morgan fingerprint density at radius 2 is 1.88 bits per heavy atom. The van der Waals surface area contributed by atoms with Crippen LogP contribution in [0.2, 0.25) is 0 Å². The van der Waals surface area contributed by atoms with Gasteiger partial charge in [-0.2, -0.15) is 0 Å². The highest BCUT2D eigenvalue weighted by Crippen LogP contribution is 2.23. The summed E-state index contributed by atoms with van der Waals surface area (Å²) >= 11 is 1.36. The van der Waals surface area contributed by atoms with Crippen LogP contribution in [0.3, 0.4) is 0 Å². The number of benzene rings is 1. The standard InChI is InChI=1S/C19H25FN2O2S/c1-12(2)10-22(13(3)4)19(23)18-14(5)21-17(25-18)11-24-16-8-6-15(20)7-9-16/h6-9,12-13H,10-11H2,1-5H3. The molecule has 2 aromatic rings. The topological polar surface area (TPSA) is 42.4 Å². The average Bonchev–Trinajstić information content (AvgIpc) is 2.92. The largest absolute Gasteiger partial charge is 0.486 e. The van der Waals surface area contributed by atoms with Gasteiger partial charge in [-0.15, -0.1) is 11.3 Å². The zero-order chi connectivity index (χ0) is 18.6. The maximum absolute atomic E-state index is 12.9. The van der Waals surface area contributed by atoms with E-state index in [4.69, 9.17) is 4.74 Å². The molecule has 0 saturated carbocycles. The third-order valence-corrected chi connectivity index (χ3v) is 4.78. The molecule has 0 aliphatic rings. The molecular weight excluding hydrogens is 339 g/mol. The van der Waals surface area contributed by atoms with Crippen LogP contribution in [-0.4, -0.2) is 28.4 Å². The lowest BCUT2D eigenvalue weighted by atomic mass is 10.1. The van der Waals surface area contributed by atoms with Gasteiger partial charge in [0.05, 0.1) is 5.69 Å². The van der Waals surface area contributed by atoms with Crippen LogP contribution in [0.4, 0.5) is 4.39 Å². The molecule has 6 heteroatoms. The summed E-state index contributed by atoms with van der Waals surface area (Å²) in [7, 11) is 0. The minimum absolute atomic E-state index is 0.0201. The first-order valence-corrected chi connectivity index (χ1v) is 9.25. The molecule has 0 unspecified atom stereocenters. The smallest absolute Gasteiger partial charge is 0.266 e. The number of rotatable bonds is 7. The van der Waals surface area contributed by atoms with Crippen molar-refractivity contribution in [1.82, 2.24) is 9.88 Å². The van der Waals surface area contributed by atoms with E-state index in [0.29, 0.717) is 16.5 Å². The van der Waals surface area contributed by atoms with Crippen molar-refractivity contribution in [3.63, 3.8) is 0 Å². The molecule has 0 aliphatic carbocycles. The van der Waals surface area contributed by atoms with E-state index in [0.717, 1.165) is 17.2 Å². The normalized spacial score (nSPS) is 11.2. The van der Waals surface area contributed by atoms with Gasteiger partial charge in [0.25, 0.3) is 5.91 Å². The number of carbonyl (C=O) groups excluding carboxylic acids is 1. The Hall–Kier alpha value is -1.95. The van der Waals surface area contributed by atoms with Crippen LogP contribution in [0.25, 0.3) is 0 Å². The number of ether oxygens (including phenoxy) is 1. The molecule has 4 nitrogen and oxygen atoms in total. The maximum atomic E-state index is 12.9. The predicted molar refractivity (Wildman–Crippen MR) is 98.6 cm³/mol. The Bertz CT molecular complexity index is 711. The summed E-state index contributed by atoms with van der Waals surface area (Å²) in [5.41, 5.74) is 0.724. The van der Waals surface area contributed by atoms with Gasteiger partial charge in [-0.1, -0.05) is 13.8 Å². The fourth-order valence-corrected chi connectivity index (χ4v) is 3.37. The van der Waals surface area contributed by atoms with Gasteiger partial charge in [0, 0.05) is 12.6 Å². The quantitative estimate of drug-likeness (QED) is 0.717. The van der Waals surface area contributed by atoms with Crippen molar-refractivity contribution < 1.29 is 13.9 Å². The van der Waals surface area contributed by atoms with Gasteiger partial charge in [0.2, 0.25) is 0 Å². The van der Waals surface area contributed by atoms with Crippen LogP contribution in [0.15, 0.2) is 24.3 Å². The lowest BCUT2D eigenvalue weighted by Gasteiger charge is -2.28. The molecule has 136 valence electrons. The number of hydrogen-bond donors (Lipinski definition) is 0. The van der Waals surface area contributed by atoms with E-state index in [2.05, 4.69) is 18.8 Å². The third kappa shape index (κ3) is 5.26. The number of carbonyl (C=O) groups is 1. The van der Waals surface area contributed by atoms with Crippen LogP contribution in [-0.2, 0) is 6.61 Å². The van der Waals surface area contributed by atoms with E-state index in [9.17, 15) is 9.18 Å². The van der Waals surface area contributed by atoms with Crippen molar-refractivity contribution in [2.75, 3.05) is 6.54 Å². The van der Waals surface area contributed by atoms with Gasteiger partial charge in [0.15, 0.2) is 0 Å². The first kappa shape index (κ1) is 19.4. The van der Waals surface area contributed by atoms with Gasteiger partial charge in [-0.05, 0) is 51.0 Å². The number of nitrogens with zero attached hydrogens (tertiary/aromatic N) is 2. The summed E-state index contributed by atoms with van der Waals surface area (Å²) in [6.07, 6.45) is 0. The minimum Gasteiger partial charge on any atom is -0.486 e. The van der Waals surface area contributed by atoms with E-state index in [1.54, 1.807) is 12.1 Å². The number of aromatic nitrogens is 1. The van der Waals surface area contributed by atoms with Crippen LogP contribution in [0.5, 0.6) is 5.75 Å². The van der Waals surface area contributed by atoms with E-state index in [1.807, 2.05) is 25.7 Å². The molecule has 0 bridgehead atoms. The molecule has 2 rings (SSSR count). The molecule has 1 heterocycles. The molecule has 0 N–H and O–H groups in total. The summed E-state index contributed by atoms with van der Waals surface area (Å²) in [6.45, 7) is 11.1. The molecule has 1 aromatic heterocycles.